The minimum absolute atomic E-state index is 0.125. The Morgan fingerprint density at radius 3 is 2.53 bits per heavy atom. The van der Waals surface area contributed by atoms with Crippen LogP contribution in [-0.4, -0.2) is 28.7 Å². The summed E-state index contributed by atoms with van der Waals surface area (Å²) < 4.78 is 0. The maximum atomic E-state index is 12.2. The molecule has 1 aliphatic carbocycles. The third-order valence-electron chi connectivity index (χ3n) is 2.84. The summed E-state index contributed by atoms with van der Waals surface area (Å²) in [4.78, 5) is 34.6. The number of hydrogen-bond donors (Lipinski definition) is 2. The molecule has 98 valence electrons. The molecule has 19 heavy (non-hydrogen) atoms. The number of carbonyl (C=O) groups is 3. The quantitative estimate of drug-likeness (QED) is 0.854. The Labute approximate surface area is 109 Å². The molecule has 1 aromatic carbocycles. The van der Waals surface area contributed by atoms with Crippen LogP contribution in [0.1, 0.15) is 34.1 Å². The van der Waals surface area contributed by atoms with Crippen LogP contribution < -0.4 is 5.32 Å². The highest BCUT2D eigenvalue weighted by Gasteiger charge is 2.26. The molecule has 1 aromatic rings. The first kappa shape index (κ1) is 13.0. The fourth-order valence-corrected chi connectivity index (χ4v) is 2.00. The van der Waals surface area contributed by atoms with Crippen LogP contribution in [0.3, 0.4) is 0 Å². The molecule has 0 spiro atoms. The molecule has 0 saturated heterocycles. The van der Waals surface area contributed by atoms with Gasteiger partial charge >= 0.3 is 5.97 Å². The second kappa shape index (κ2) is 5.06. The molecule has 0 aromatic heterocycles. The Hall–Kier alpha value is -2.43. The van der Waals surface area contributed by atoms with Crippen LogP contribution in [0.2, 0.25) is 0 Å². The number of nitrogens with one attached hydrogen (secondary N) is 1. The zero-order valence-corrected chi connectivity index (χ0v) is 10.3. The molecular formula is C14H13NO4. The molecule has 2 N–H and O–H groups in total. The summed E-state index contributed by atoms with van der Waals surface area (Å²) in [7, 11) is 0. The number of allylic oxidation sites excluding steroid dienone is 2. The van der Waals surface area contributed by atoms with Gasteiger partial charge in [0, 0.05) is 23.2 Å². The first-order valence-electron chi connectivity index (χ1n) is 5.87. The van der Waals surface area contributed by atoms with Crippen molar-refractivity contribution in [2.24, 2.45) is 0 Å². The number of aliphatic carboxylic acids is 1. The van der Waals surface area contributed by atoms with Crippen molar-refractivity contribution in [2.75, 3.05) is 0 Å². The van der Waals surface area contributed by atoms with Crippen LogP contribution in [0.15, 0.2) is 36.0 Å². The zero-order chi connectivity index (χ0) is 14.0. The third-order valence-corrected chi connectivity index (χ3v) is 2.84. The molecule has 5 heteroatoms. The molecule has 0 fully saturated rings. The van der Waals surface area contributed by atoms with Gasteiger partial charge in [-0.25, -0.2) is 0 Å². The van der Waals surface area contributed by atoms with Gasteiger partial charge in [0.15, 0.2) is 5.78 Å². The van der Waals surface area contributed by atoms with Crippen LogP contribution in [0.25, 0.3) is 0 Å². The number of carboxylic acid groups (broad SMARTS) is 1. The highest BCUT2D eigenvalue weighted by Crippen LogP contribution is 2.20. The minimum Gasteiger partial charge on any atom is -0.481 e. The predicted molar refractivity (Wildman–Crippen MR) is 68.0 cm³/mol. The SMILES string of the molecule is C[C@H](CC(=O)O)NC1=CC(=O)c2ccccc2C1=O. The fraction of sp³-hybridized carbons (Fsp3) is 0.214. The van der Waals surface area contributed by atoms with Gasteiger partial charge in [0.25, 0.3) is 0 Å². The molecule has 0 bridgehead atoms. The van der Waals surface area contributed by atoms with E-state index >= 15 is 0 Å². The summed E-state index contributed by atoms with van der Waals surface area (Å²) in [5.41, 5.74) is 0.876. The van der Waals surface area contributed by atoms with Crippen molar-refractivity contribution in [1.29, 1.82) is 0 Å². The van der Waals surface area contributed by atoms with E-state index < -0.39 is 12.0 Å². The number of Topliss-reactive ketones (excluding diaryl/α,β-unsaturated/α-hetero) is 1. The molecular weight excluding hydrogens is 246 g/mol. The van der Waals surface area contributed by atoms with E-state index in [4.69, 9.17) is 5.11 Å². The third kappa shape index (κ3) is 2.70. The Balaban J connectivity index is 2.23. The van der Waals surface area contributed by atoms with Crippen LogP contribution in [0.4, 0.5) is 0 Å². The van der Waals surface area contributed by atoms with E-state index in [1.165, 1.54) is 6.08 Å². The first-order chi connectivity index (χ1) is 8.99. The van der Waals surface area contributed by atoms with E-state index in [1.807, 2.05) is 0 Å². The normalized spacial score (nSPS) is 15.5. The molecule has 0 heterocycles. The molecule has 1 aliphatic rings. The van der Waals surface area contributed by atoms with E-state index in [1.54, 1.807) is 31.2 Å². The standard InChI is InChI=1S/C14H13NO4/c1-8(6-13(17)18)15-11-7-12(16)9-4-2-3-5-10(9)14(11)19/h2-5,7-8,15H,6H2,1H3,(H,17,18)/t8-/m1/s1. The van der Waals surface area contributed by atoms with Crippen molar-refractivity contribution in [3.05, 3.63) is 47.2 Å². The lowest BCUT2D eigenvalue weighted by molar-refractivity contribution is -0.137. The van der Waals surface area contributed by atoms with Gasteiger partial charge in [-0.3, -0.25) is 14.4 Å². The number of carboxylic acids is 1. The summed E-state index contributed by atoms with van der Waals surface area (Å²) in [6.07, 6.45) is 1.10. The van der Waals surface area contributed by atoms with Gasteiger partial charge in [0.2, 0.25) is 5.78 Å². The van der Waals surface area contributed by atoms with Gasteiger partial charge in [-0.05, 0) is 6.92 Å². The second-order valence-corrected chi connectivity index (χ2v) is 4.44. The second-order valence-electron chi connectivity index (χ2n) is 4.44. The van der Waals surface area contributed by atoms with Crippen molar-refractivity contribution < 1.29 is 19.5 Å². The number of rotatable bonds is 4. The lowest BCUT2D eigenvalue weighted by Crippen LogP contribution is -2.34. The molecule has 5 nitrogen and oxygen atoms in total. The number of benzene rings is 1. The molecule has 0 aliphatic heterocycles. The number of carbonyl (C=O) groups excluding carboxylic acids is 2. The van der Waals surface area contributed by atoms with Crippen LogP contribution in [-0.2, 0) is 4.79 Å². The first-order valence-corrected chi connectivity index (χ1v) is 5.87. The van der Waals surface area contributed by atoms with Crippen molar-refractivity contribution in [3.8, 4) is 0 Å². The Bertz CT molecular complexity index is 589. The summed E-state index contributed by atoms with van der Waals surface area (Å²) in [6, 6.07) is 6.15. The van der Waals surface area contributed by atoms with Gasteiger partial charge in [0.1, 0.15) is 0 Å². The Morgan fingerprint density at radius 2 is 1.89 bits per heavy atom. The number of ketones is 2. The predicted octanol–water partition coefficient (Wildman–Crippen LogP) is 1.40. The lowest BCUT2D eigenvalue weighted by atomic mass is 9.92. The molecule has 0 radical (unpaired) electrons. The van der Waals surface area contributed by atoms with Gasteiger partial charge in [-0.2, -0.15) is 0 Å². The Morgan fingerprint density at radius 1 is 1.26 bits per heavy atom. The van der Waals surface area contributed by atoms with Crippen molar-refractivity contribution in [1.82, 2.24) is 5.32 Å². The van der Waals surface area contributed by atoms with Crippen molar-refractivity contribution in [3.63, 3.8) is 0 Å². The molecule has 0 saturated carbocycles. The van der Waals surface area contributed by atoms with Gasteiger partial charge in [-0.1, -0.05) is 24.3 Å². The summed E-state index contributed by atoms with van der Waals surface area (Å²) in [6.45, 7) is 1.65. The molecule has 1 atom stereocenters. The van der Waals surface area contributed by atoms with Crippen LogP contribution in [0.5, 0.6) is 0 Å². The van der Waals surface area contributed by atoms with Crippen molar-refractivity contribution >= 4 is 17.5 Å². The largest absolute Gasteiger partial charge is 0.481 e. The van der Waals surface area contributed by atoms with Gasteiger partial charge in [-0.15, -0.1) is 0 Å². The van der Waals surface area contributed by atoms with E-state index in [2.05, 4.69) is 5.32 Å². The minimum atomic E-state index is -0.962. The van der Waals surface area contributed by atoms with Crippen molar-refractivity contribution in [2.45, 2.75) is 19.4 Å². The molecule has 0 amide bonds. The number of fused-ring (bicyclic) bond motifs is 1. The van der Waals surface area contributed by atoms with Crippen LogP contribution >= 0.6 is 0 Å². The maximum Gasteiger partial charge on any atom is 0.305 e. The summed E-state index contributed by atoms with van der Waals surface area (Å²) in [5.74, 6) is -1.50. The average molecular weight is 259 g/mol. The smallest absolute Gasteiger partial charge is 0.305 e. The van der Waals surface area contributed by atoms with Gasteiger partial charge in [0.05, 0.1) is 12.1 Å². The highest BCUT2D eigenvalue weighted by molar-refractivity contribution is 6.24. The van der Waals surface area contributed by atoms with E-state index in [0.29, 0.717) is 11.1 Å². The zero-order valence-electron chi connectivity index (χ0n) is 10.3. The number of hydrogen-bond acceptors (Lipinski definition) is 4. The van der Waals surface area contributed by atoms with E-state index in [-0.39, 0.29) is 23.7 Å². The van der Waals surface area contributed by atoms with E-state index in [9.17, 15) is 14.4 Å². The average Bonchev–Trinajstić information content (AvgIpc) is 2.34. The van der Waals surface area contributed by atoms with Gasteiger partial charge < -0.3 is 10.4 Å². The fourth-order valence-electron chi connectivity index (χ4n) is 2.00. The molecule has 2 rings (SSSR count). The van der Waals surface area contributed by atoms with E-state index in [0.717, 1.165) is 0 Å². The highest BCUT2D eigenvalue weighted by atomic mass is 16.4. The molecule has 0 unspecified atom stereocenters. The lowest BCUT2D eigenvalue weighted by Gasteiger charge is -2.19. The topological polar surface area (TPSA) is 83.5 Å². The summed E-state index contributed by atoms with van der Waals surface area (Å²) >= 11 is 0. The maximum absolute atomic E-state index is 12.2. The monoisotopic (exact) mass is 259 g/mol. The Kier molecular flexibility index (Phi) is 3.46. The van der Waals surface area contributed by atoms with Crippen LogP contribution in [0, 0.1) is 0 Å². The summed E-state index contributed by atoms with van der Waals surface area (Å²) in [5, 5.41) is 11.5.